The topological polar surface area (TPSA) is 85.9 Å². The second-order valence-corrected chi connectivity index (χ2v) is 5.78. The van der Waals surface area contributed by atoms with E-state index in [1.807, 2.05) is 6.92 Å². The number of hydrogen-bond acceptors (Lipinski definition) is 6. The van der Waals surface area contributed by atoms with E-state index in [2.05, 4.69) is 22.9 Å². The third kappa shape index (κ3) is 4.05. The van der Waals surface area contributed by atoms with Gasteiger partial charge in [0.1, 0.15) is 6.61 Å². The zero-order valence-electron chi connectivity index (χ0n) is 12.3. The largest absolute Gasteiger partial charge is 0.448 e. The number of hydrogen-bond donors (Lipinski definition) is 4. The number of ether oxygens (including phenoxy) is 1. The molecule has 0 saturated carbocycles. The molecule has 2 fully saturated rings. The number of aliphatic hydroxyl groups is 1. The Balaban J connectivity index is 1.75. The van der Waals surface area contributed by atoms with Gasteiger partial charge in [0.2, 0.25) is 0 Å². The number of nitrogens with zero attached hydrogens (tertiary/aromatic N) is 1. The van der Waals surface area contributed by atoms with Crippen LogP contribution in [0, 0.1) is 0 Å². The zero-order valence-corrected chi connectivity index (χ0v) is 12.3. The molecule has 1 amide bonds. The van der Waals surface area contributed by atoms with Gasteiger partial charge in [-0.05, 0) is 13.8 Å². The average Bonchev–Trinajstić information content (AvgIpc) is 2.47. The third-order valence-corrected chi connectivity index (χ3v) is 3.94. The number of carbonyl (C=O) groups is 1. The summed E-state index contributed by atoms with van der Waals surface area (Å²) < 4.78 is 5.39. The quantitative estimate of drug-likeness (QED) is 0.517. The minimum absolute atomic E-state index is 0.0302. The summed E-state index contributed by atoms with van der Waals surface area (Å²) in [5, 5.41) is 19.1. The third-order valence-electron chi connectivity index (χ3n) is 3.94. The van der Waals surface area contributed by atoms with Crippen LogP contribution in [-0.2, 0) is 4.74 Å². The molecule has 0 aromatic carbocycles. The molecule has 0 bridgehead atoms. The molecular formula is C13H26N4O3. The Hall–Kier alpha value is -0.890. The molecule has 0 aromatic rings. The normalized spacial score (nSPS) is 34.9. The van der Waals surface area contributed by atoms with E-state index >= 15 is 0 Å². The van der Waals surface area contributed by atoms with Gasteiger partial charge >= 0.3 is 6.09 Å². The van der Waals surface area contributed by atoms with Crippen molar-refractivity contribution in [3.8, 4) is 0 Å². The fourth-order valence-electron chi connectivity index (χ4n) is 2.51. The summed E-state index contributed by atoms with van der Waals surface area (Å²) >= 11 is 0. The number of rotatable bonds is 3. The summed E-state index contributed by atoms with van der Waals surface area (Å²) in [5.74, 6) is 0. The van der Waals surface area contributed by atoms with Gasteiger partial charge in [-0.2, -0.15) is 0 Å². The maximum atomic E-state index is 12.1. The van der Waals surface area contributed by atoms with Gasteiger partial charge in [-0.25, -0.2) is 4.79 Å². The summed E-state index contributed by atoms with van der Waals surface area (Å²) in [6, 6.07) is 0.652. The standard InChI is InChI=1S/C13H26N4O3/c1-9-3-15-11(5-14-9)8-20-13(19)17-6-12(7-18)16-4-10(17)2/h9-12,14-16,18H,3-8H2,1-2H3/t9-,10-,11+,12+/m1/s1. The molecule has 2 aliphatic heterocycles. The number of amides is 1. The molecule has 0 spiro atoms. The van der Waals surface area contributed by atoms with E-state index < -0.39 is 0 Å². The molecule has 4 atom stereocenters. The van der Waals surface area contributed by atoms with Crippen molar-refractivity contribution in [3.63, 3.8) is 0 Å². The lowest BCUT2D eigenvalue weighted by molar-refractivity contribution is 0.0562. The lowest BCUT2D eigenvalue weighted by atomic mass is 10.1. The predicted octanol–water partition coefficient (Wildman–Crippen LogP) is -1.27. The number of aliphatic hydroxyl groups excluding tert-OH is 1. The SMILES string of the molecule is C[C@@H]1CN[C@H](COC(=O)N2C[C@@H](CO)NC[C@H]2C)CN1. The number of carbonyl (C=O) groups excluding carboxylic acids is 1. The minimum atomic E-state index is -0.294. The van der Waals surface area contributed by atoms with Crippen molar-refractivity contribution in [2.45, 2.75) is 38.0 Å². The summed E-state index contributed by atoms with van der Waals surface area (Å²) in [6.07, 6.45) is -0.294. The van der Waals surface area contributed by atoms with Crippen molar-refractivity contribution in [2.24, 2.45) is 0 Å². The molecule has 2 rings (SSSR count). The lowest BCUT2D eigenvalue weighted by Crippen LogP contribution is -2.59. The summed E-state index contributed by atoms with van der Waals surface area (Å²) in [4.78, 5) is 13.8. The molecule has 4 N–H and O–H groups in total. The number of piperazine rings is 2. The Morgan fingerprint density at radius 3 is 2.60 bits per heavy atom. The molecule has 0 unspecified atom stereocenters. The first kappa shape index (κ1) is 15.5. The van der Waals surface area contributed by atoms with Gasteiger partial charge in [0.25, 0.3) is 0 Å². The van der Waals surface area contributed by atoms with Gasteiger partial charge in [0.05, 0.1) is 12.6 Å². The second kappa shape index (κ2) is 7.21. The monoisotopic (exact) mass is 286 g/mol. The van der Waals surface area contributed by atoms with Crippen molar-refractivity contribution in [1.82, 2.24) is 20.9 Å². The zero-order chi connectivity index (χ0) is 14.5. The first-order valence-corrected chi connectivity index (χ1v) is 7.34. The van der Waals surface area contributed by atoms with E-state index in [1.54, 1.807) is 4.90 Å². The molecule has 2 saturated heterocycles. The number of nitrogens with one attached hydrogen (secondary N) is 3. The molecule has 7 nitrogen and oxygen atoms in total. The van der Waals surface area contributed by atoms with Crippen molar-refractivity contribution in [1.29, 1.82) is 0 Å². The smallest absolute Gasteiger partial charge is 0.410 e. The summed E-state index contributed by atoms with van der Waals surface area (Å²) in [6.45, 7) is 7.37. The molecule has 0 aliphatic carbocycles. The second-order valence-electron chi connectivity index (χ2n) is 5.78. The molecule has 20 heavy (non-hydrogen) atoms. The van der Waals surface area contributed by atoms with E-state index in [1.165, 1.54) is 0 Å². The van der Waals surface area contributed by atoms with E-state index in [4.69, 9.17) is 4.74 Å². The molecule has 116 valence electrons. The highest BCUT2D eigenvalue weighted by atomic mass is 16.6. The van der Waals surface area contributed by atoms with Crippen LogP contribution in [0.1, 0.15) is 13.8 Å². The maximum absolute atomic E-state index is 12.1. The van der Waals surface area contributed by atoms with Gasteiger partial charge in [0, 0.05) is 44.3 Å². The van der Waals surface area contributed by atoms with Crippen LogP contribution in [-0.4, -0.2) is 79.7 Å². The van der Waals surface area contributed by atoms with Crippen LogP contribution < -0.4 is 16.0 Å². The van der Waals surface area contributed by atoms with Crippen LogP contribution in [0.3, 0.4) is 0 Å². The molecule has 0 aromatic heterocycles. The van der Waals surface area contributed by atoms with E-state index in [-0.39, 0.29) is 30.8 Å². The Morgan fingerprint density at radius 2 is 1.95 bits per heavy atom. The first-order chi connectivity index (χ1) is 9.60. The van der Waals surface area contributed by atoms with Crippen molar-refractivity contribution < 1.29 is 14.6 Å². The van der Waals surface area contributed by atoms with Crippen molar-refractivity contribution in [2.75, 3.05) is 39.4 Å². The molecule has 7 heteroatoms. The fraction of sp³-hybridized carbons (Fsp3) is 0.923. The maximum Gasteiger partial charge on any atom is 0.410 e. The lowest BCUT2D eigenvalue weighted by Gasteiger charge is -2.37. The Labute approximate surface area is 120 Å². The Morgan fingerprint density at radius 1 is 1.20 bits per heavy atom. The highest BCUT2D eigenvalue weighted by molar-refractivity contribution is 5.68. The van der Waals surface area contributed by atoms with Crippen LogP contribution in [0.2, 0.25) is 0 Å². The molecule has 2 aliphatic rings. The Kier molecular flexibility index (Phi) is 5.59. The van der Waals surface area contributed by atoms with Crippen LogP contribution in [0.4, 0.5) is 4.79 Å². The van der Waals surface area contributed by atoms with Crippen LogP contribution in [0.15, 0.2) is 0 Å². The van der Waals surface area contributed by atoms with Crippen molar-refractivity contribution >= 4 is 6.09 Å². The van der Waals surface area contributed by atoms with Crippen LogP contribution >= 0.6 is 0 Å². The van der Waals surface area contributed by atoms with Crippen LogP contribution in [0.5, 0.6) is 0 Å². The highest BCUT2D eigenvalue weighted by Gasteiger charge is 2.30. The van der Waals surface area contributed by atoms with E-state index in [9.17, 15) is 9.90 Å². The fourth-order valence-corrected chi connectivity index (χ4v) is 2.51. The first-order valence-electron chi connectivity index (χ1n) is 7.34. The molecule has 2 heterocycles. The Bertz CT molecular complexity index is 321. The molecule has 0 radical (unpaired) electrons. The van der Waals surface area contributed by atoms with Crippen molar-refractivity contribution in [3.05, 3.63) is 0 Å². The average molecular weight is 286 g/mol. The predicted molar refractivity (Wildman–Crippen MR) is 75.6 cm³/mol. The van der Waals surface area contributed by atoms with Crippen LogP contribution in [0.25, 0.3) is 0 Å². The van der Waals surface area contributed by atoms with Gasteiger partial charge in [-0.1, -0.05) is 0 Å². The van der Waals surface area contributed by atoms with E-state index in [0.717, 1.165) is 13.1 Å². The van der Waals surface area contributed by atoms with Gasteiger partial charge in [-0.15, -0.1) is 0 Å². The minimum Gasteiger partial charge on any atom is -0.448 e. The highest BCUT2D eigenvalue weighted by Crippen LogP contribution is 2.09. The van der Waals surface area contributed by atoms with Gasteiger partial charge in [-0.3, -0.25) is 0 Å². The van der Waals surface area contributed by atoms with Gasteiger partial charge in [0.15, 0.2) is 0 Å². The molecular weight excluding hydrogens is 260 g/mol. The van der Waals surface area contributed by atoms with Gasteiger partial charge < -0.3 is 30.7 Å². The summed E-state index contributed by atoms with van der Waals surface area (Å²) in [5.41, 5.74) is 0. The summed E-state index contributed by atoms with van der Waals surface area (Å²) in [7, 11) is 0. The van der Waals surface area contributed by atoms with E-state index in [0.29, 0.717) is 25.7 Å².